The van der Waals surface area contributed by atoms with E-state index in [4.69, 9.17) is 11.6 Å². The Morgan fingerprint density at radius 1 is 1.33 bits per heavy atom. The van der Waals surface area contributed by atoms with Crippen molar-refractivity contribution in [1.29, 1.82) is 0 Å². The van der Waals surface area contributed by atoms with E-state index in [0.29, 0.717) is 0 Å². The predicted octanol–water partition coefficient (Wildman–Crippen LogP) is 2.28. The average molecular weight is 233 g/mol. The Kier molecular flexibility index (Phi) is 6.62. The first-order chi connectivity index (χ1) is 7.22. The number of alkyl halides is 1. The Labute approximate surface area is 99.6 Å². The van der Waals surface area contributed by atoms with Crippen LogP contribution in [0.5, 0.6) is 0 Å². The Morgan fingerprint density at radius 2 is 2.13 bits per heavy atom. The molecule has 2 nitrogen and oxygen atoms in total. The lowest BCUT2D eigenvalue weighted by Gasteiger charge is -2.20. The van der Waals surface area contributed by atoms with E-state index in [2.05, 4.69) is 23.9 Å². The van der Waals surface area contributed by atoms with Crippen LogP contribution in [0.3, 0.4) is 0 Å². The first-order valence-corrected chi connectivity index (χ1v) is 6.69. The summed E-state index contributed by atoms with van der Waals surface area (Å²) in [7, 11) is 4.47. The van der Waals surface area contributed by atoms with Crippen molar-refractivity contribution in [3.63, 3.8) is 0 Å². The zero-order chi connectivity index (χ0) is 11.1. The van der Waals surface area contributed by atoms with Crippen LogP contribution in [0.25, 0.3) is 0 Å². The van der Waals surface area contributed by atoms with Crippen LogP contribution in [-0.2, 0) is 0 Å². The van der Waals surface area contributed by atoms with Gasteiger partial charge in [-0.1, -0.05) is 6.42 Å². The van der Waals surface area contributed by atoms with Crippen LogP contribution in [0.15, 0.2) is 0 Å². The van der Waals surface area contributed by atoms with Crippen LogP contribution in [0.1, 0.15) is 25.7 Å². The van der Waals surface area contributed by atoms with Crippen molar-refractivity contribution in [3.05, 3.63) is 0 Å². The maximum atomic E-state index is 5.65. The topological polar surface area (TPSA) is 6.48 Å². The first-order valence-electron chi connectivity index (χ1n) is 6.15. The van der Waals surface area contributed by atoms with Gasteiger partial charge in [-0.05, 0) is 52.4 Å². The minimum Gasteiger partial charge on any atom is -0.306 e. The molecule has 90 valence electrons. The lowest BCUT2D eigenvalue weighted by molar-refractivity contribution is 0.269. The monoisotopic (exact) mass is 232 g/mol. The maximum absolute atomic E-state index is 5.65. The molecule has 0 aromatic heterocycles. The number of likely N-dealkylation sites (tertiary alicyclic amines) is 1. The van der Waals surface area contributed by atoms with Gasteiger partial charge in [0.2, 0.25) is 0 Å². The van der Waals surface area contributed by atoms with E-state index in [9.17, 15) is 0 Å². The van der Waals surface area contributed by atoms with Gasteiger partial charge in [0.05, 0.1) is 0 Å². The second kappa shape index (κ2) is 7.48. The number of nitrogens with zero attached hydrogens (tertiary/aromatic N) is 2. The molecule has 3 heteroatoms. The summed E-state index contributed by atoms with van der Waals surface area (Å²) in [6, 6.07) is 0. The van der Waals surface area contributed by atoms with Crippen molar-refractivity contribution in [2.24, 2.45) is 5.92 Å². The molecular weight excluding hydrogens is 208 g/mol. The number of unbranched alkanes of at least 4 members (excludes halogenated alkanes) is 2. The summed E-state index contributed by atoms with van der Waals surface area (Å²) in [4.78, 5) is 4.92. The van der Waals surface area contributed by atoms with Crippen molar-refractivity contribution >= 4 is 11.6 Å². The molecule has 1 heterocycles. The molecule has 1 fully saturated rings. The van der Waals surface area contributed by atoms with Gasteiger partial charge < -0.3 is 9.80 Å². The second-order valence-corrected chi connectivity index (χ2v) is 5.31. The van der Waals surface area contributed by atoms with Crippen LogP contribution in [-0.4, -0.2) is 56.0 Å². The largest absolute Gasteiger partial charge is 0.306 e. The molecule has 1 rings (SSSR count). The van der Waals surface area contributed by atoms with Crippen LogP contribution >= 0.6 is 11.6 Å². The van der Waals surface area contributed by atoms with Gasteiger partial charge >= 0.3 is 0 Å². The number of hydrogen-bond acceptors (Lipinski definition) is 2. The fourth-order valence-electron chi connectivity index (χ4n) is 2.36. The van der Waals surface area contributed by atoms with Gasteiger partial charge in [0.1, 0.15) is 0 Å². The fourth-order valence-corrected chi connectivity index (χ4v) is 2.55. The molecule has 1 atom stereocenters. The van der Waals surface area contributed by atoms with Crippen LogP contribution in [0.4, 0.5) is 0 Å². The summed E-state index contributed by atoms with van der Waals surface area (Å²) in [6.07, 6.45) is 5.12. The van der Waals surface area contributed by atoms with Crippen LogP contribution < -0.4 is 0 Å². The van der Waals surface area contributed by atoms with E-state index in [0.717, 1.165) is 11.8 Å². The molecule has 0 N–H and O–H groups in total. The minimum absolute atomic E-state index is 0.817. The van der Waals surface area contributed by atoms with Gasteiger partial charge in [0.15, 0.2) is 0 Å². The second-order valence-electron chi connectivity index (χ2n) is 4.93. The molecule has 0 amide bonds. The van der Waals surface area contributed by atoms with E-state index in [1.807, 2.05) is 0 Å². The SMILES string of the molecule is CN(CCCCCCl)CC1CCN(C)C1. The molecule has 0 saturated carbocycles. The zero-order valence-corrected chi connectivity index (χ0v) is 11.0. The van der Waals surface area contributed by atoms with Gasteiger partial charge in [-0.15, -0.1) is 11.6 Å². The molecule has 0 radical (unpaired) electrons. The normalized spacial score (nSPS) is 22.8. The summed E-state index contributed by atoms with van der Waals surface area (Å²) in [5.74, 6) is 1.71. The highest BCUT2D eigenvalue weighted by Gasteiger charge is 2.20. The zero-order valence-electron chi connectivity index (χ0n) is 10.2. The van der Waals surface area contributed by atoms with Crippen molar-refractivity contribution < 1.29 is 0 Å². The number of halogens is 1. The molecule has 1 unspecified atom stereocenters. The third-order valence-electron chi connectivity index (χ3n) is 3.23. The fraction of sp³-hybridized carbons (Fsp3) is 1.00. The summed E-state index contributed by atoms with van der Waals surface area (Å²) < 4.78 is 0. The van der Waals surface area contributed by atoms with E-state index in [1.165, 1.54) is 51.9 Å². The van der Waals surface area contributed by atoms with E-state index in [-0.39, 0.29) is 0 Å². The average Bonchev–Trinajstić information content (AvgIpc) is 2.59. The Hall–Kier alpha value is 0.210. The van der Waals surface area contributed by atoms with Gasteiger partial charge in [-0.2, -0.15) is 0 Å². The lowest BCUT2D eigenvalue weighted by atomic mass is 10.1. The van der Waals surface area contributed by atoms with E-state index in [1.54, 1.807) is 0 Å². The number of rotatable bonds is 7. The maximum Gasteiger partial charge on any atom is 0.0223 e. The van der Waals surface area contributed by atoms with Crippen LogP contribution in [0.2, 0.25) is 0 Å². The highest BCUT2D eigenvalue weighted by Crippen LogP contribution is 2.15. The molecule has 1 saturated heterocycles. The quantitative estimate of drug-likeness (QED) is 0.491. The Bertz CT molecular complexity index is 164. The molecule has 0 bridgehead atoms. The molecule has 0 aliphatic carbocycles. The summed E-state index contributed by atoms with van der Waals surface area (Å²) >= 11 is 5.65. The smallest absolute Gasteiger partial charge is 0.0223 e. The van der Waals surface area contributed by atoms with Crippen molar-refractivity contribution in [1.82, 2.24) is 9.80 Å². The summed E-state index contributed by atoms with van der Waals surface area (Å²) in [5.41, 5.74) is 0. The van der Waals surface area contributed by atoms with Crippen molar-refractivity contribution in [2.75, 3.05) is 46.2 Å². The highest BCUT2D eigenvalue weighted by atomic mass is 35.5. The standard InChI is InChI=1S/C12H25ClN2/c1-14(8-5-3-4-7-13)10-12-6-9-15(2)11-12/h12H,3-11H2,1-2H3. The van der Waals surface area contributed by atoms with Gasteiger partial charge in [0.25, 0.3) is 0 Å². The van der Waals surface area contributed by atoms with Gasteiger partial charge in [-0.3, -0.25) is 0 Å². The molecule has 0 aromatic rings. The lowest BCUT2D eigenvalue weighted by Crippen LogP contribution is -2.28. The Morgan fingerprint density at radius 3 is 2.73 bits per heavy atom. The third kappa shape index (κ3) is 5.74. The molecule has 0 spiro atoms. The number of hydrogen-bond donors (Lipinski definition) is 0. The highest BCUT2D eigenvalue weighted by molar-refractivity contribution is 6.17. The summed E-state index contributed by atoms with van der Waals surface area (Å²) in [5, 5.41) is 0. The van der Waals surface area contributed by atoms with E-state index < -0.39 is 0 Å². The molecule has 15 heavy (non-hydrogen) atoms. The van der Waals surface area contributed by atoms with E-state index >= 15 is 0 Å². The van der Waals surface area contributed by atoms with Gasteiger partial charge in [-0.25, -0.2) is 0 Å². The van der Waals surface area contributed by atoms with Crippen molar-refractivity contribution in [3.8, 4) is 0 Å². The molecule has 1 aliphatic rings. The minimum atomic E-state index is 0.817. The first kappa shape index (κ1) is 13.3. The Balaban J connectivity index is 2.00. The predicted molar refractivity (Wildman–Crippen MR) is 67.7 cm³/mol. The van der Waals surface area contributed by atoms with Gasteiger partial charge in [0, 0.05) is 19.0 Å². The van der Waals surface area contributed by atoms with Crippen LogP contribution in [0, 0.1) is 5.92 Å². The van der Waals surface area contributed by atoms with Crippen molar-refractivity contribution in [2.45, 2.75) is 25.7 Å². The molecular formula is C12H25ClN2. The summed E-state index contributed by atoms with van der Waals surface area (Å²) in [6.45, 7) is 5.07. The molecule has 1 aliphatic heterocycles. The molecule has 0 aromatic carbocycles. The third-order valence-corrected chi connectivity index (χ3v) is 3.50.